The predicted molar refractivity (Wildman–Crippen MR) is 138 cm³/mol. The Hall–Kier alpha value is -3.10. The van der Waals surface area contributed by atoms with Gasteiger partial charge in [-0.1, -0.05) is 50.1 Å². The van der Waals surface area contributed by atoms with Gasteiger partial charge in [0.15, 0.2) is 0 Å². The van der Waals surface area contributed by atoms with Crippen LogP contribution in [0.25, 0.3) is 0 Å². The van der Waals surface area contributed by atoms with Crippen molar-refractivity contribution in [2.45, 2.75) is 97.4 Å². The minimum absolute atomic E-state index is 0.00306. The molecule has 1 aromatic carbocycles. The van der Waals surface area contributed by atoms with E-state index in [1.165, 1.54) is 0 Å². The van der Waals surface area contributed by atoms with Crippen LogP contribution < -0.4 is 16.4 Å². The minimum Gasteiger partial charge on any atom is -0.444 e. The van der Waals surface area contributed by atoms with Crippen molar-refractivity contribution in [3.05, 3.63) is 35.4 Å². The van der Waals surface area contributed by atoms with Crippen LogP contribution in [0.4, 0.5) is 4.79 Å². The quantitative estimate of drug-likeness (QED) is 0.377. The van der Waals surface area contributed by atoms with E-state index < -0.39 is 35.6 Å². The van der Waals surface area contributed by atoms with Crippen LogP contribution in [0.1, 0.15) is 83.9 Å². The monoisotopic (exact) mass is 502 g/mol. The first-order valence-electron chi connectivity index (χ1n) is 12.8. The Labute approximate surface area is 214 Å². The number of nitrogens with zero attached hydrogens (tertiary/aromatic N) is 1. The summed E-state index contributed by atoms with van der Waals surface area (Å²) in [6.45, 7) is 11.7. The lowest BCUT2D eigenvalue weighted by molar-refractivity contribution is -0.143. The van der Waals surface area contributed by atoms with Crippen LogP contribution in [0.15, 0.2) is 24.3 Å². The summed E-state index contributed by atoms with van der Waals surface area (Å²) >= 11 is 0. The molecule has 1 aliphatic carbocycles. The van der Waals surface area contributed by atoms with Gasteiger partial charge >= 0.3 is 6.09 Å². The number of nitrogens with two attached hydrogens (primary N) is 1. The molecular weight excluding hydrogens is 460 g/mol. The molecule has 0 spiro atoms. The number of primary amides is 1. The second-order valence-electron chi connectivity index (χ2n) is 10.7. The molecular formula is C27H42N4O5. The molecule has 4 unspecified atom stereocenters. The number of amides is 4. The summed E-state index contributed by atoms with van der Waals surface area (Å²) in [6.07, 6.45) is 1.62. The molecule has 0 bridgehead atoms. The lowest BCUT2D eigenvalue weighted by atomic mass is 10.00. The van der Waals surface area contributed by atoms with Crippen molar-refractivity contribution in [1.29, 1.82) is 0 Å². The minimum atomic E-state index is -1.07. The number of carbonyl (C=O) groups is 4. The molecule has 0 saturated heterocycles. The maximum atomic E-state index is 14.0. The predicted octanol–water partition coefficient (Wildman–Crippen LogP) is 3.35. The number of unbranched alkanes of at least 4 members (excludes halogenated alkanes) is 1. The van der Waals surface area contributed by atoms with Crippen LogP contribution >= 0.6 is 0 Å². The van der Waals surface area contributed by atoms with Crippen molar-refractivity contribution in [2.24, 2.45) is 11.7 Å². The SMILES string of the molecule is CCCCNC(=O)C(c1ccc(C)cc1)N(C(=O)C(CCC(N)=O)NC(=O)OC(C)(C)C)C1CC1C. The van der Waals surface area contributed by atoms with Gasteiger partial charge in [-0.2, -0.15) is 0 Å². The van der Waals surface area contributed by atoms with E-state index in [9.17, 15) is 19.2 Å². The van der Waals surface area contributed by atoms with Gasteiger partial charge in [-0.25, -0.2) is 4.79 Å². The molecule has 1 aromatic rings. The van der Waals surface area contributed by atoms with E-state index in [2.05, 4.69) is 10.6 Å². The molecule has 1 fully saturated rings. The molecule has 36 heavy (non-hydrogen) atoms. The molecule has 9 nitrogen and oxygen atoms in total. The molecule has 0 aromatic heterocycles. The van der Waals surface area contributed by atoms with Crippen LogP contribution in [0, 0.1) is 12.8 Å². The number of carbonyl (C=O) groups excluding carboxylic acids is 4. The molecule has 2 rings (SSSR count). The summed E-state index contributed by atoms with van der Waals surface area (Å²) in [4.78, 5) is 53.2. The number of hydrogen-bond donors (Lipinski definition) is 3. The smallest absolute Gasteiger partial charge is 0.408 e. The number of aryl methyl sites for hydroxylation is 1. The zero-order chi connectivity index (χ0) is 27.0. The molecule has 0 aliphatic heterocycles. The van der Waals surface area contributed by atoms with Crippen molar-refractivity contribution < 1.29 is 23.9 Å². The second kappa shape index (κ2) is 12.7. The van der Waals surface area contributed by atoms with Crippen LogP contribution in [0.5, 0.6) is 0 Å². The van der Waals surface area contributed by atoms with E-state index in [0.717, 1.165) is 24.8 Å². The highest BCUT2D eigenvalue weighted by molar-refractivity contribution is 5.93. The van der Waals surface area contributed by atoms with Gasteiger partial charge in [0.2, 0.25) is 17.7 Å². The van der Waals surface area contributed by atoms with E-state index >= 15 is 0 Å². The van der Waals surface area contributed by atoms with Crippen molar-refractivity contribution in [2.75, 3.05) is 6.54 Å². The van der Waals surface area contributed by atoms with E-state index in [0.29, 0.717) is 12.1 Å². The molecule has 1 aliphatic rings. The molecule has 1 saturated carbocycles. The fraction of sp³-hybridized carbons (Fsp3) is 0.630. The van der Waals surface area contributed by atoms with Gasteiger partial charge in [-0.15, -0.1) is 0 Å². The average molecular weight is 503 g/mol. The van der Waals surface area contributed by atoms with Gasteiger partial charge < -0.3 is 26.0 Å². The van der Waals surface area contributed by atoms with Crippen molar-refractivity contribution >= 4 is 23.8 Å². The second-order valence-corrected chi connectivity index (χ2v) is 10.7. The van der Waals surface area contributed by atoms with Crippen molar-refractivity contribution in [3.63, 3.8) is 0 Å². The lowest BCUT2D eigenvalue weighted by Gasteiger charge is -2.35. The van der Waals surface area contributed by atoms with Crippen LogP contribution in [-0.4, -0.2) is 52.9 Å². The Bertz CT molecular complexity index is 925. The van der Waals surface area contributed by atoms with Gasteiger partial charge in [-0.3, -0.25) is 14.4 Å². The number of rotatable bonds is 12. The molecule has 4 atom stereocenters. The zero-order valence-corrected chi connectivity index (χ0v) is 22.4. The van der Waals surface area contributed by atoms with Gasteiger partial charge in [0.25, 0.3) is 0 Å². The van der Waals surface area contributed by atoms with E-state index in [1.54, 1.807) is 25.7 Å². The molecule has 9 heteroatoms. The highest BCUT2D eigenvalue weighted by Gasteiger charge is 2.48. The third-order valence-corrected chi connectivity index (χ3v) is 6.10. The Morgan fingerprint density at radius 3 is 2.28 bits per heavy atom. The highest BCUT2D eigenvalue weighted by Crippen LogP contribution is 2.41. The number of alkyl carbamates (subject to hydrolysis) is 1. The fourth-order valence-corrected chi connectivity index (χ4v) is 4.02. The standard InChI is InChI=1S/C27H42N4O5/c1-7-8-15-29-24(33)23(19-11-9-17(2)10-12-19)31(21-16-18(21)3)25(34)20(13-14-22(28)32)30-26(35)36-27(4,5)6/h9-12,18,20-21,23H,7-8,13-16H2,1-6H3,(H2,28,32)(H,29,33)(H,30,35). The molecule has 4 amide bonds. The third-order valence-electron chi connectivity index (χ3n) is 6.10. The zero-order valence-electron chi connectivity index (χ0n) is 22.4. The van der Waals surface area contributed by atoms with Gasteiger partial charge in [0, 0.05) is 19.0 Å². The number of hydrogen-bond acceptors (Lipinski definition) is 5. The van der Waals surface area contributed by atoms with E-state index in [1.807, 2.05) is 45.0 Å². The first-order valence-corrected chi connectivity index (χ1v) is 12.8. The van der Waals surface area contributed by atoms with E-state index in [-0.39, 0.29) is 30.7 Å². The Morgan fingerprint density at radius 2 is 1.78 bits per heavy atom. The summed E-state index contributed by atoms with van der Waals surface area (Å²) in [5.74, 6) is -1.10. The lowest BCUT2D eigenvalue weighted by Crippen LogP contribution is -2.54. The normalized spacial score (nSPS) is 18.5. The van der Waals surface area contributed by atoms with E-state index in [4.69, 9.17) is 10.5 Å². The summed E-state index contributed by atoms with van der Waals surface area (Å²) in [7, 11) is 0. The summed E-state index contributed by atoms with van der Waals surface area (Å²) in [6, 6.07) is 5.41. The summed E-state index contributed by atoms with van der Waals surface area (Å²) in [5.41, 5.74) is 6.31. The summed E-state index contributed by atoms with van der Waals surface area (Å²) < 4.78 is 5.36. The van der Waals surface area contributed by atoms with Gasteiger partial charge in [0.1, 0.15) is 17.7 Å². The topological polar surface area (TPSA) is 131 Å². The largest absolute Gasteiger partial charge is 0.444 e. The van der Waals surface area contributed by atoms with Crippen LogP contribution in [0.3, 0.4) is 0 Å². The Kier molecular flexibility index (Phi) is 10.3. The molecule has 4 N–H and O–H groups in total. The van der Waals surface area contributed by atoms with Gasteiger partial charge in [-0.05, 0) is 58.4 Å². The Balaban J connectivity index is 2.44. The first kappa shape index (κ1) is 29.1. The number of nitrogens with one attached hydrogen (secondary N) is 2. The molecule has 0 radical (unpaired) electrons. The Morgan fingerprint density at radius 1 is 1.17 bits per heavy atom. The highest BCUT2D eigenvalue weighted by atomic mass is 16.6. The molecule has 0 heterocycles. The fourth-order valence-electron chi connectivity index (χ4n) is 4.02. The van der Waals surface area contributed by atoms with Crippen molar-refractivity contribution in [3.8, 4) is 0 Å². The summed E-state index contributed by atoms with van der Waals surface area (Å²) in [5, 5.41) is 5.59. The maximum Gasteiger partial charge on any atom is 0.408 e. The van der Waals surface area contributed by atoms with Crippen LogP contribution in [-0.2, 0) is 19.1 Å². The average Bonchev–Trinajstić information content (AvgIpc) is 3.49. The van der Waals surface area contributed by atoms with Gasteiger partial charge in [0.05, 0.1) is 0 Å². The van der Waals surface area contributed by atoms with Crippen LogP contribution in [0.2, 0.25) is 0 Å². The molecule has 200 valence electrons. The third kappa shape index (κ3) is 8.84. The number of ether oxygens (including phenoxy) is 1. The number of benzene rings is 1. The first-order chi connectivity index (χ1) is 16.8. The maximum absolute atomic E-state index is 14.0. The van der Waals surface area contributed by atoms with Crippen molar-refractivity contribution in [1.82, 2.24) is 15.5 Å².